The number of aliphatic hydroxyl groups excluding tert-OH is 1. The molecule has 1 amide bonds. The molecule has 1 fully saturated rings. The van der Waals surface area contributed by atoms with Crippen LogP contribution >= 0.6 is 0 Å². The van der Waals surface area contributed by atoms with E-state index in [1.807, 2.05) is 9.58 Å². The van der Waals surface area contributed by atoms with Crippen LogP contribution < -0.4 is 4.90 Å². The first-order valence-corrected chi connectivity index (χ1v) is 13.8. The lowest BCUT2D eigenvalue weighted by Gasteiger charge is -2.37. The number of hydrogen-bond acceptors (Lipinski definition) is 5. The van der Waals surface area contributed by atoms with Gasteiger partial charge in [0, 0.05) is 81.7 Å². The number of rotatable bonds is 6. The molecule has 2 aliphatic heterocycles. The van der Waals surface area contributed by atoms with Crippen molar-refractivity contribution < 1.29 is 9.90 Å². The number of piperazine rings is 1. The summed E-state index contributed by atoms with van der Waals surface area (Å²) in [5.41, 5.74) is 10.7. The molecule has 38 heavy (non-hydrogen) atoms. The molecule has 1 unspecified atom stereocenters. The van der Waals surface area contributed by atoms with Crippen molar-refractivity contribution in [2.45, 2.75) is 60.2 Å². The van der Waals surface area contributed by atoms with E-state index in [1.165, 1.54) is 27.9 Å². The number of carbonyl (C=O) groups excluding carboxylic acids is 1. The van der Waals surface area contributed by atoms with E-state index in [4.69, 9.17) is 5.10 Å². The zero-order valence-corrected chi connectivity index (χ0v) is 23.5. The number of fused-ring (bicyclic) bond motifs is 1. The minimum absolute atomic E-state index is 0.0921. The molecule has 0 radical (unpaired) electrons. The molecule has 0 bridgehead atoms. The standard InChI is InChI=1S/C31H41N5O2/c1-21-6-9-29(24(4)16-21)34-14-12-33(13-15-34)18-27(38)19-36-30-10-11-35(25(5)37)20-28(30)31(32-36)26-8-7-22(2)23(3)17-26/h6-9,16-17,27,38H,10-15,18-20H2,1-5H3. The molecule has 0 aliphatic carbocycles. The van der Waals surface area contributed by atoms with Gasteiger partial charge in [0.05, 0.1) is 18.3 Å². The Hall–Kier alpha value is -3.16. The molecule has 1 saturated heterocycles. The first kappa shape index (κ1) is 26.4. The van der Waals surface area contributed by atoms with Crippen molar-refractivity contribution >= 4 is 11.6 Å². The molecule has 7 nitrogen and oxygen atoms in total. The summed E-state index contributed by atoms with van der Waals surface area (Å²) in [6, 6.07) is 13.1. The van der Waals surface area contributed by atoms with Crippen molar-refractivity contribution in [3.63, 3.8) is 0 Å². The third-order valence-electron chi connectivity index (χ3n) is 8.28. The van der Waals surface area contributed by atoms with Crippen molar-refractivity contribution in [2.75, 3.05) is 44.2 Å². The Balaban J connectivity index is 1.28. The van der Waals surface area contributed by atoms with Crippen molar-refractivity contribution in [2.24, 2.45) is 0 Å². The fraction of sp³-hybridized carbons (Fsp3) is 0.484. The van der Waals surface area contributed by atoms with Gasteiger partial charge in [-0.2, -0.15) is 5.10 Å². The van der Waals surface area contributed by atoms with Crippen molar-refractivity contribution in [1.82, 2.24) is 19.6 Å². The first-order chi connectivity index (χ1) is 18.2. The second kappa shape index (κ2) is 10.9. The van der Waals surface area contributed by atoms with Crippen LogP contribution in [0.3, 0.4) is 0 Å². The van der Waals surface area contributed by atoms with Crippen LogP contribution in [0.5, 0.6) is 0 Å². The summed E-state index contributed by atoms with van der Waals surface area (Å²) in [7, 11) is 0. The molecule has 3 heterocycles. The van der Waals surface area contributed by atoms with E-state index in [-0.39, 0.29) is 5.91 Å². The van der Waals surface area contributed by atoms with E-state index in [2.05, 4.69) is 73.9 Å². The number of aliphatic hydroxyl groups is 1. The van der Waals surface area contributed by atoms with Gasteiger partial charge < -0.3 is 14.9 Å². The Morgan fingerprint density at radius 1 is 0.921 bits per heavy atom. The van der Waals surface area contributed by atoms with E-state index in [9.17, 15) is 9.90 Å². The van der Waals surface area contributed by atoms with Gasteiger partial charge in [-0.1, -0.05) is 29.8 Å². The van der Waals surface area contributed by atoms with E-state index >= 15 is 0 Å². The molecule has 2 aromatic carbocycles. The molecule has 1 aromatic heterocycles. The molecule has 5 rings (SSSR count). The lowest BCUT2D eigenvalue weighted by Crippen LogP contribution is -2.49. The maximum Gasteiger partial charge on any atom is 0.219 e. The highest BCUT2D eigenvalue weighted by Crippen LogP contribution is 2.31. The highest BCUT2D eigenvalue weighted by Gasteiger charge is 2.28. The summed E-state index contributed by atoms with van der Waals surface area (Å²) in [5.74, 6) is 0.0921. The van der Waals surface area contributed by atoms with Gasteiger partial charge in [-0.05, 0) is 56.5 Å². The molecule has 0 saturated carbocycles. The van der Waals surface area contributed by atoms with Gasteiger partial charge in [0.1, 0.15) is 0 Å². The van der Waals surface area contributed by atoms with Crippen LogP contribution in [0.2, 0.25) is 0 Å². The summed E-state index contributed by atoms with van der Waals surface area (Å²) in [5, 5.41) is 16.2. The minimum Gasteiger partial charge on any atom is -0.390 e. The normalized spacial score (nSPS) is 17.0. The zero-order valence-electron chi connectivity index (χ0n) is 23.5. The fourth-order valence-corrected chi connectivity index (χ4v) is 5.92. The summed E-state index contributed by atoms with van der Waals surface area (Å²) in [6.45, 7) is 16.3. The van der Waals surface area contributed by atoms with Gasteiger partial charge in [0.15, 0.2) is 0 Å². The molecule has 3 aromatic rings. The van der Waals surface area contributed by atoms with Crippen LogP contribution in [0.1, 0.15) is 40.4 Å². The second-order valence-electron chi connectivity index (χ2n) is 11.2. The highest BCUT2D eigenvalue weighted by atomic mass is 16.3. The Morgan fingerprint density at radius 3 is 2.37 bits per heavy atom. The van der Waals surface area contributed by atoms with Crippen LogP contribution in [0.25, 0.3) is 11.3 Å². The molecule has 2 aliphatic rings. The zero-order chi connectivity index (χ0) is 27.0. The molecular weight excluding hydrogens is 474 g/mol. The van der Waals surface area contributed by atoms with Crippen LogP contribution in [0, 0.1) is 27.7 Å². The van der Waals surface area contributed by atoms with Crippen LogP contribution in [0.4, 0.5) is 5.69 Å². The second-order valence-corrected chi connectivity index (χ2v) is 11.2. The van der Waals surface area contributed by atoms with E-state index in [0.717, 1.165) is 55.1 Å². The number of β-amino-alcohol motifs (C(OH)–C–C–N with tert-alkyl or cyclic N) is 1. The first-order valence-electron chi connectivity index (χ1n) is 13.8. The molecule has 202 valence electrons. The number of hydrogen-bond donors (Lipinski definition) is 1. The summed E-state index contributed by atoms with van der Waals surface area (Å²) in [4.78, 5) is 18.9. The number of carbonyl (C=O) groups is 1. The van der Waals surface area contributed by atoms with Crippen LogP contribution in [-0.4, -0.2) is 76.0 Å². The lowest BCUT2D eigenvalue weighted by molar-refractivity contribution is -0.129. The number of aromatic nitrogens is 2. The number of benzene rings is 2. The van der Waals surface area contributed by atoms with E-state index < -0.39 is 6.10 Å². The fourth-order valence-electron chi connectivity index (χ4n) is 5.92. The van der Waals surface area contributed by atoms with Gasteiger partial charge >= 0.3 is 0 Å². The average Bonchev–Trinajstić information content (AvgIpc) is 3.23. The van der Waals surface area contributed by atoms with Crippen LogP contribution in [0.15, 0.2) is 36.4 Å². The van der Waals surface area contributed by atoms with E-state index in [1.54, 1.807) is 6.92 Å². The van der Waals surface area contributed by atoms with Gasteiger partial charge in [0.25, 0.3) is 0 Å². The van der Waals surface area contributed by atoms with Crippen LogP contribution in [-0.2, 0) is 24.3 Å². The van der Waals surface area contributed by atoms with Gasteiger partial charge in [-0.3, -0.25) is 14.4 Å². The third kappa shape index (κ3) is 5.49. The molecule has 1 atom stereocenters. The predicted molar refractivity (Wildman–Crippen MR) is 153 cm³/mol. The smallest absolute Gasteiger partial charge is 0.219 e. The highest BCUT2D eigenvalue weighted by molar-refractivity contribution is 5.75. The maximum atomic E-state index is 12.2. The SMILES string of the molecule is CC(=O)N1CCc2c(c(-c3ccc(C)c(C)c3)nn2CC(O)CN2CCN(c3ccc(C)cc3C)CC2)C1. The number of nitrogens with zero attached hydrogens (tertiary/aromatic N) is 5. The molecular formula is C31H41N5O2. The Morgan fingerprint density at radius 2 is 1.68 bits per heavy atom. The largest absolute Gasteiger partial charge is 0.390 e. The number of anilines is 1. The molecule has 1 N–H and O–H groups in total. The Bertz CT molecular complexity index is 1320. The Labute approximate surface area is 226 Å². The van der Waals surface area contributed by atoms with Gasteiger partial charge in [0.2, 0.25) is 5.91 Å². The predicted octanol–water partition coefficient (Wildman–Crippen LogP) is 3.87. The summed E-state index contributed by atoms with van der Waals surface area (Å²) >= 11 is 0. The van der Waals surface area contributed by atoms with Crippen molar-refractivity contribution in [3.8, 4) is 11.3 Å². The quantitative estimate of drug-likeness (QED) is 0.540. The molecule has 7 heteroatoms. The maximum absolute atomic E-state index is 12.2. The number of aryl methyl sites for hydroxylation is 4. The Kier molecular flexibility index (Phi) is 7.59. The third-order valence-corrected chi connectivity index (χ3v) is 8.28. The lowest BCUT2D eigenvalue weighted by atomic mass is 9.98. The van der Waals surface area contributed by atoms with E-state index in [0.29, 0.717) is 26.2 Å². The monoisotopic (exact) mass is 515 g/mol. The summed E-state index contributed by atoms with van der Waals surface area (Å²) in [6.07, 6.45) is 0.249. The average molecular weight is 516 g/mol. The number of amides is 1. The van der Waals surface area contributed by atoms with Gasteiger partial charge in [-0.25, -0.2) is 0 Å². The molecule has 0 spiro atoms. The topological polar surface area (TPSA) is 64.8 Å². The summed E-state index contributed by atoms with van der Waals surface area (Å²) < 4.78 is 2.01. The van der Waals surface area contributed by atoms with Crippen molar-refractivity contribution in [1.29, 1.82) is 0 Å². The van der Waals surface area contributed by atoms with Gasteiger partial charge in [-0.15, -0.1) is 0 Å². The minimum atomic E-state index is -0.509. The van der Waals surface area contributed by atoms with Crippen molar-refractivity contribution in [3.05, 3.63) is 69.9 Å².